The molecular formula is C99H232N2O8S. The third-order valence-electron chi connectivity index (χ3n) is 13.9. The van der Waals surface area contributed by atoms with Crippen LogP contribution in [0.3, 0.4) is 0 Å². The van der Waals surface area contributed by atoms with Gasteiger partial charge in [-0.05, 0) is 177 Å². The first-order chi connectivity index (χ1) is 47.9. The van der Waals surface area contributed by atoms with Crippen LogP contribution in [0, 0.1) is 11.8 Å². The second kappa shape index (κ2) is 192. The van der Waals surface area contributed by atoms with Crippen molar-refractivity contribution in [1.82, 2.24) is 10.6 Å². The molecule has 0 amide bonds. The second-order valence-electron chi connectivity index (χ2n) is 21.4. The van der Waals surface area contributed by atoms with Crippen LogP contribution < -0.4 is 10.6 Å². The third-order valence-corrected chi connectivity index (χ3v) is 15.1. The van der Waals surface area contributed by atoms with Gasteiger partial charge in [-0.2, -0.15) is 11.8 Å². The van der Waals surface area contributed by atoms with E-state index in [0.717, 1.165) is 142 Å². The van der Waals surface area contributed by atoms with Gasteiger partial charge in [0.2, 0.25) is 0 Å². The van der Waals surface area contributed by atoms with Crippen molar-refractivity contribution in [2.75, 3.05) is 77.7 Å². The van der Waals surface area contributed by atoms with E-state index < -0.39 is 0 Å². The lowest BCUT2D eigenvalue weighted by atomic mass is 9.91. The standard InChI is InChI=1S/C7H14.C6H10O.C6H8O.C6H12.C6H10.C5H8O.C5H6O.C5H8.C4H9N.C4H8O.C4H8S.C3H7NO.C3H6O2.11C2H6.13CH4/c1-7-5-3-2-4-6-7;2*7-6-4-2-1-3-5-6;1-6-4-2-3-5-6;1-2-4-6-5-3-1;2*6-5-3-1-2-4-5;4*1-2-4-5-3-1;2*1-2-5-3-4-1;11*1-2;;;;;;;;;;;;;/h7H,2-6H2,1H3;1-5H2;2,4H,1,3,5H2;6H,2-5H2,1H3;1-2H,3-6H2;1-4H2;1,3H,2,4H2;1-2H,3-5H2;5H,1-4H2;2*1-4H2;4H,1-3H2;1-3H2;11*1-2H3;13*1H4. The number of carbonyl (C=O) groups excluding carboxylic acids is 4. The van der Waals surface area contributed by atoms with E-state index >= 15 is 0 Å². The van der Waals surface area contributed by atoms with Crippen LogP contribution in [0.5, 0.6) is 0 Å². The highest BCUT2D eigenvalue weighted by molar-refractivity contribution is 7.99. The molecule has 0 aromatic carbocycles. The summed E-state index contributed by atoms with van der Waals surface area (Å²) in [6.07, 6.45) is 61.1. The van der Waals surface area contributed by atoms with Crippen molar-refractivity contribution in [2.24, 2.45) is 11.8 Å². The highest BCUT2D eigenvalue weighted by Crippen LogP contribution is 2.23. The molecule has 0 aromatic rings. The molecule has 0 unspecified atom stereocenters. The lowest BCUT2D eigenvalue weighted by Crippen LogP contribution is -2.05. The van der Waals surface area contributed by atoms with Crippen molar-refractivity contribution in [2.45, 2.75) is 494 Å². The molecule has 110 heavy (non-hydrogen) atoms. The minimum absolute atomic E-state index is 0. The number of rotatable bonds is 0. The Morgan fingerprint density at radius 3 is 0.727 bits per heavy atom. The van der Waals surface area contributed by atoms with Crippen molar-refractivity contribution < 1.29 is 38.1 Å². The first-order valence-corrected chi connectivity index (χ1v) is 43.0. The molecule has 13 rings (SSSR count). The highest BCUT2D eigenvalue weighted by atomic mass is 32.2. The van der Waals surface area contributed by atoms with Gasteiger partial charge in [-0.3, -0.25) is 24.5 Å². The van der Waals surface area contributed by atoms with E-state index in [1.165, 1.54) is 172 Å². The molecule has 0 spiro atoms. The monoisotopic (exact) mass is 1610 g/mol. The number of ether oxygens (including phenoxy) is 4. The van der Waals surface area contributed by atoms with Crippen LogP contribution in [0.2, 0.25) is 0 Å². The van der Waals surface area contributed by atoms with Crippen molar-refractivity contribution in [1.29, 1.82) is 0 Å². The lowest BCUT2D eigenvalue weighted by Gasteiger charge is -2.15. The number of thioether (sulfide) groups is 1. The molecule has 0 radical (unpaired) electrons. The molecule has 5 aliphatic heterocycles. The summed E-state index contributed by atoms with van der Waals surface area (Å²) in [6, 6.07) is 0. The molecule has 8 aliphatic carbocycles. The molecule has 692 valence electrons. The SMILES string of the molecule is C.C.C.C.C.C.C.C.C.C.C.C.C.C1=CCCC1.C1=CCCCC1.C1CCNC1.C1CCOC1.C1CCSC1.C1COCN1.C1COCO1.CC.CC.CC.CC.CC.CC.CC.CC.CC.CC.CC.CC1CCCC1.CC1CCCCC1.O=C1C=CCC1.O=C1C=CCCC1.O=C1CCCC1.O=C1CCCCC1. The summed E-state index contributed by atoms with van der Waals surface area (Å²) in [5, 5.41) is 6.22. The zero-order valence-corrected chi connectivity index (χ0v) is 71.2. The predicted molar refractivity (Wildman–Crippen MR) is 530 cm³/mol. The predicted octanol–water partition coefficient (Wildman–Crippen LogP) is 35.3. The summed E-state index contributed by atoms with van der Waals surface area (Å²) in [6.45, 7) is 57.9. The van der Waals surface area contributed by atoms with Crippen molar-refractivity contribution in [3.8, 4) is 0 Å². The molecule has 10 nitrogen and oxygen atoms in total. The number of carbonyl (C=O) groups is 4. The largest absolute Gasteiger partial charge is 0.381 e. The number of allylic oxidation sites excluding steroid dienone is 8. The molecule has 4 saturated carbocycles. The van der Waals surface area contributed by atoms with E-state index in [-0.39, 0.29) is 108 Å². The van der Waals surface area contributed by atoms with Crippen molar-refractivity contribution in [3.05, 3.63) is 48.6 Å². The van der Waals surface area contributed by atoms with Gasteiger partial charge in [-0.15, -0.1) is 0 Å². The van der Waals surface area contributed by atoms with Gasteiger partial charge < -0.3 is 24.3 Å². The zero-order valence-electron chi connectivity index (χ0n) is 70.4. The minimum Gasteiger partial charge on any atom is -0.381 e. The normalized spacial score (nSPS) is 16.2. The average Bonchev–Trinajstić information content (AvgIpc) is 1.38. The van der Waals surface area contributed by atoms with E-state index in [0.29, 0.717) is 18.4 Å². The maximum Gasteiger partial charge on any atom is 0.155 e. The van der Waals surface area contributed by atoms with Gasteiger partial charge >= 0.3 is 0 Å². The third kappa shape index (κ3) is 187. The van der Waals surface area contributed by atoms with Gasteiger partial charge in [-0.1, -0.05) is 363 Å². The maximum atomic E-state index is 10.5. The number of ketones is 4. The van der Waals surface area contributed by atoms with Gasteiger partial charge in [0, 0.05) is 58.3 Å². The Morgan fingerprint density at radius 2 is 0.591 bits per heavy atom. The molecule has 5 heterocycles. The van der Waals surface area contributed by atoms with Gasteiger partial charge in [0.15, 0.2) is 11.6 Å². The summed E-state index contributed by atoms with van der Waals surface area (Å²) in [5.41, 5.74) is 0. The van der Waals surface area contributed by atoms with Gasteiger partial charge in [0.1, 0.15) is 18.4 Å². The Labute approximate surface area is 711 Å². The Bertz CT molecular complexity index is 1280. The molecule has 11 heteroatoms. The van der Waals surface area contributed by atoms with Crippen LogP contribution in [0.1, 0.15) is 494 Å². The Balaban J connectivity index is -0.0000000321. The summed E-state index contributed by atoms with van der Waals surface area (Å²) in [5.74, 6) is 6.39. The molecular weight excluding hydrogens is 1380 g/mol. The fourth-order valence-electron chi connectivity index (χ4n) is 9.02. The molecule has 0 aromatic heterocycles. The van der Waals surface area contributed by atoms with E-state index in [9.17, 15) is 19.2 Å². The smallest absolute Gasteiger partial charge is 0.155 e. The van der Waals surface area contributed by atoms with E-state index in [2.05, 4.69) is 60.5 Å². The number of hydrogen-bond donors (Lipinski definition) is 2. The highest BCUT2D eigenvalue weighted by Gasteiger charge is 2.09. The van der Waals surface area contributed by atoms with Crippen molar-refractivity contribution >= 4 is 34.9 Å². The first kappa shape index (κ1) is 175. The Hall–Kier alpha value is -2.25. The van der Waals surface area contributed by atoms with Crippen LogP contribution in [0.25, 0.3) is 0 Å². The Kier molecular flexibility index (Phi) is 306. The number of Topliss-reactive ketones (excluding diaryl/α,β-unsaturated/α-hetero) is 2. The molecule has 9 fully saturated rings. The van der Waals surface area contributed by atoms with E-state index in [1.54, 1.807) is 12.2 Å². The molecule has 13 aliphatic rings. The van der Waals surface area contributed by atoms with Crippen LogP contribution in [-0.2, 0) is 38.1 Å². The Morgan fingerprint density at radius 1 is 0.273 bits per heavy atom. The van der Waals surface area contributed by atoms with Gasteiger partial charge in [0.05, 0.1) is 26.6 Å². The fraction of sp³-hybridized carbons (Fsp3) is 0.879. The quantitative estimate of drug-likeness (QED) is 0.225. The number of nitrogens with one attached hydrogen (secondary N) is 2. The maximum absolute atomic E-state index is 10.5. The van der Waals surface area contributed by atoms with Crippen LogP contribution in [-0.4, -0.2) is 101 Å². The summed E-state index contributed by atoms with van der Waals surface area (Å²) in [4.78, 5) is 41.2. The summed E-state index contributed by atoms with van der Waals surface area (Å²) >= 11 is 2.07. The van der Waals surface area contributed by atoms with Crippen molar-refractivity contribution in [3.63, 3.8) is 0 Å². The van der Waals surface area contributed by atoms with Crippen LogP contribution in [0.4, 0.5) is 0 Å². The average molecular weight is 1610 g/mol. The first-order valence-electron chi connectivity index (χ1n) is 41.9. The molecule has 0 atom stereocenters. The number of hydrogen-bond acceptors (Lipinski definition) is 11. The van der Waals surface area contributed by atoms with Gasteiger partial charge in [0.25, 0.3) is 0 Å². The molecule has 0 bridgehead atoms. The second-order valence-corrected chi connectivity index (χ2v) is 22.6. The zero-order chi connectivity index (χ0) is 76.0. The van der Waals surface area contributed by atoms with Crippen LogP contribution >= 0.6 is 11.8 Å². The van der Waals surface area contributed by atoms with E-state index in [4.69, 9.17) is 18.9 Å². The lowest BCUT2D eigenvalue weighted by molar-refractivity contribution is -0.120. The minimum atomic E-state index is 0. The molecule has 5 saturated heterocycles. The summed E-state index contributed by atoms with van der Waals surface area (Å²) in [7, 11) is 0. The van der Waals surface area contributed by atoms with Gasteiger partial charge in [-0.25, -0.2) is 0 Å². The van der Waals surface area contributed by atoms with Crippen LogP contribution in [0.15, 0.2) is 48.6 Å². The summed E-state index contributed by atoms with van der Waals surface area (Å²) < 4.78 is 19.2. The van der Waals surface area contributed by atoms with E-state index in [1.807, 2.05) is 164 Å². The molecule has 2 N–H and O–H groups in total. The topological polar surface area (TPSA) is 129 Å². The fourth-order valence-corrected chi connectivity index (χ4v) is 10.0.